The van der Waals surface area contributed by atoms with Crippen molar-refractivity contribution < 1.29 is 24.1 Å². The Morgan fingerprint density at radius 2 is 1.55 bits per heavy atom. The molecule has 0 unspecified atom stereocenters. The Morgan fingerprint density at radius 3 is 2.27 bits per heavy atom. The van der Waals surface area contributed by atoms with Gasteiger partial charge >= 0.3 is 0 Å². The molecule has 0 aromatic heterocycles. The zero-order chi connectivity index (χ0) is 35.5. The minimum atomic E-state index is -1.55. The number of hydrazine groups is 1. The first-order chi connectivity index (χ1) is 25.0. The van der Waals surface area contributed by atoms with Crippen molar-refractivity contribution >= 4 is 17.5 Å². The molecule has 5 aromatic carbocycles. The Kier molecular flexibility index (Phi) is 11.2. The van der Waals surface area contributed by atoms with E-state index in [0.717, 1.165) is 22.3 Å². The number of para-hydroxylation sites is 1. The van der Waals surface area contributed by atoms with E-state index in [9.17, 15) is 10.3 Å². The summed E-state index contributed by atoms with van der Waals surface area (Å²) in [4.78, 5) is 22.8. The zero-order valence-corrected chi connectivity index (χ0v) is 28.1. The highest BCUT2D eigenvalue weighted by Crippen LogP contribution is 2.44. The van der Waals surface area contributed by atoms with Gasteiger partial charge < -0.3 is 19.3 Å². The van der Waals surface area contributed by atoms with Crippen LogP contribution in [0.25, 0.3) is 21.6 Å². The standard InChI is InChI=1S/C40H38N6O5/c1-49-36-15-8-6-13-33(36)27-42-45-39(48)40(26-32-12-5-7-14-35(32)44-46-41)37(30-18-16-29(17-19-30)28-10-3-2-4-11-28)51-38(43-40)31-20-22-34(23-21-31)50-25-9-24-47/h2-8,10-23,37,42,47H,9,24-27H2,1H3,(H,45,48)/t37-,40-/m0/s1. The van der Waals surface area contributed by atoms with Crippen LogP contribution in [0.4, 0.5) is 5.69 Å². The number of hydrogen-bond acceptors (Lipinski definition) is 8. The van der Waals surface area contributed by atoms with E-state index in [1.165, 1.54) is 0 Å². The number of amides is 1. The predicted octanol–water partition coefficient (Wildman–Crippen LogP) is 7.39. The average Bonchev–Trinajstić information content (AvgIpc) is 3.57. The molecule has 258 valence electrons. The molecule has 5 aromatic rings. The number of methoxy groups -OCH3 is 1. The molecule has 1 aliphatic heterocycles. The second-order valence-corrected chi connectivity index (χ2v) is 11.9. The maximum Gasteiger partial charge on any atom is 0.266 e. The van der Waals surface area contributed by atoms with Crippen LogP contribution in [0.2, 0.25) is 0 Å². The molecule has 0 bridgehead atoms. The Bertz CT molecular complexity index is 2010. The van der Waals surface area contributed by atoms with Gasteiger partial charge in [0.2, 0.25) is 5.90 Å². The van der Waals surface area contributed by atoms with Gasteiger partial charge in [-0.3, -0.25) is 10.2 Å². The fourth-order valence-electron chi connectivity index (χ4n) is 6.04. The molecule has 0 radical (unpaired) electrons. The molecular formula is C40H38N6O5. The van der Waals surface area contributed by atoms with Crippen LogP contribution < -0.4 is 20.3 Å². The first-order valence-corrected chi connectivity index (χ1v) is 16.6. The van der Waals surface area contributed by atoms with Gasteiger partial charge in [0.25, 0.3) is 5.91 Å². The van der Waals surface area contributed by atoms with E-state index >= 15 is 0 Å². The molecule has 1 aliphatic rings. The highest BCUT2D eigenvalue weighted by molar-refractivity contribution is 6.01. The third kappa shape index (κ3) is 8.03. The summed E-state index contributed by atoms with van der Waals surface area (Å²) >= 11 is 0. The second-order valence-electron chi connectivity index (χ2n) is 11.9. The van der Waals surface area contributed by atoms with Crippen molar-refractivity contribution in [3.05, 3.63) is 160 Å². The number of nitrogens with one attached hydrogen (secondary N) is 2. The zero-order valence-electron chi connectivity index (χ0n) is 28.1. The summed E-state index contributed by atoms with van der Waals surface area (Å²) in [6.07, 6.45) is -0.297. The largest absolute Gasteiger partial charge is 0.496 e. The molecule has 0 spiro atoms. The topological polar surface area (TPSA) is 150 Å². The number of aliphatic hydroxyl groups is 1. The molecule has 6 rings (SSSR count). The van der Waals surface area contributed by atoms with Gasteiger partial charge in [0, 0.05) is 47.7 Å². The lowest BCUT2D eigenvalue weighted by Crippen LogP contribution is -2.53. The maximum absolute atomic E-state index is 14.7. The van der Waals surface area contributed by atoms with Crippen LogP contribution in [-0.2, 0) is 22.5 Å². The second kappa shape index (κ2) is 16.5. The lowest BCUT2D eigenvalue weighted by molar-refractivity contribution is -0.130. The van der Waals surface area contributed by atoms with Crippen molar-refractivity contribution in [2.75, 3.05) is 20.3 Å². The monoisotopic (exact) mass is 682 g/mol. The third-order valence-electron chi connectivity index (χ3n) is 8.63. The fraction of sp³-hybridized carbons (Fsp3) is 0.200. The number of benzene rings is 5. The van der Waals surface area contributed by atoms with Crippen molar-refractivity contribution in [1.29, 1.82) is 0 Å². The molecule has 51 heavy (non-hydrogen) atoms. The van der Waals surface area contributed by atoms with Crippen molar-refractivity contribution in [3.8, 4) is 22.6 Å². The van der Waals surface area contributed by atoms with Crippen molar-refractivity contribution in [3.63, 3.8) is 0 Å². The summed E-state index contributed by atoms with van der Waals surface area (Å²) in [6.45, 7) is 0.702. The Balaban J connectivity index is 1.41. The Hall–Kier alpha value is -6.13. The summed E-state index contributed by atoms with van der Waals surface area (Å²) in [6, 6.07) is 39.9. The predicted molar refractivity (Wildman–Crippen MR) is 196 cm³/mol. The number of hydrogen-bond donors (Lipinski definition) is 3. The van der Waals surface area contributed by atoms with E-state index < -0.39 is 17.6 Å². The molecule has 2 atom stereocenters. The van der Waals surface area contributed by atoms with Crippen LogP contribution in [0.3, 0.4) is 0 Å². The third-order valence-corrected chi connectivity index (χ3v) is 8.63. The molecule has 11 heteroatoms. The van der Waals surface area contributed by atoms with Crippen molar-refractivity contribution in [1.82, 2.24) is 10.9 Å². The van der Waals surface area contributed by atoms with Crippen LogP contribution >= 0.6 is 0 Å². The van der Waals surface area contributed by atoms with Gasteiger partial charge in [-0.05, 0) is 58.1 Å². The van der Waals surface area contributed by atoms with Crippen molar-refractivity contribution in [2.45, 2.75) is 31.0 Å². The molecule has 1 amide bonds. The van der Waals surface area contributed by atoms with Gasteiger partial charge in [-0.1, -0.05) is 102 Å². The smallest absolute Gasteiger partial charge is 0.266 e. The van der Waals surface area contributed by atoms with E-state index in [1.54, 1.807) is 31.4 Å². The summed E-state index contributed by atoms with van der Waals surface area (Å²) in [5.74, 6) is 1.15. The molecule has 11 nitrogen and oxygen atoms in total. The molecular weight excluding hydrogens is 644 g/mol. The molecule has 0 saturated heterocycles. The average molecular weight is 683 g/mol. The maximum atomic E-state index is 14.7. The Morgan fingerprint density at radius 1 is 0.882 bits per heavy atom. The Labute approximate surface area is 296 Å². The van der Waals surface area contributed by atoms with Crippen LogP contribution in [-0.4, -0.2) is 42.8 Å². The molecule has 0 saturated carbocycles. The van der Waals surface area contributed by atoms with E-state index in [2.05, 4.69) is 20.9 Å². The summed E-state index contributed by atoms with van der Waals surface area (Å²) in [5.41, 5.74) is 19.1. The quantitative estimate of drug-likeness (QED) is 0.0345. The number of ether oxygens (including phenoxy) is 3. The number of carbonyl (C=O) groups excluding carboxylic acids is 1. The van der Waals surface area contributed by atoms with E-state index in [-0.39, 0.29) is 25.5 Å². The van der Waals surface area contributed by atoms with E-state index in [0.29, 0.717) is 41.3 Å². The number of aliphatic imine (C=N–C) groups is 1. The lowest BCUT2D eigenvalue weighted by atomic mass is 9.81. The highest BCUT2D eigenvalue weighted by Gasteiger charge is 2.53. The van der Waals surface area contributed by atoms with Gasteiger partial charge in [0.05, 0.1) is 13.7 Å². The van der Waals surface area contributed by atoms with E-state index in [1.807, 2.05) is 103 Å². The normalized spacial score (nSPS) is 16.4. The molecule has 0 fully saturated rings. The van der Waals surface area contributed by atoms with Gasteiger partial charge in [0.1, 0.15) is 11.5 Å². The first-order valence-electron chi connectivity index (χ1n) is 16.6. The number of azide groups is 1. The summed E-state index contributed by atoms with van der Waals surface area (Å²) in [7, 11) is 1.60. The number of carbonyl (C=O) groups is 1. The van der Waals surface area contributed by atoms with Crippen LogP contribution in [0.1, 0.15) is 34.8 Å². The van der Waals surface area contributed by atoms with Gasteiger partial charge in [-0.25, -0.2) is 10.4 Å². The number of rotatable bonds is 15. The van der Waals surface area contributed by atoms with Crippen LogP contribution in [0.15, 0.2) is 138 Å². The molecule has 3 N–H and O–H groups in total. The lowest BCUT2D eigenvalue weighted by Gasteiger charge is -2.31. The minimum Gasteiger partial charge on any atom is -0.496 e. The summed E-state index contributed by atoms with van der Waals surface area (Å²) in [5, 5.41) is 13.0. The van der Waals surface area contributed by atoms with Gasteiger partial charge in [-0.2, -0.15) is 0 Å². The van der Waals surface area contributed by atoms with Crippen LogP contribution in [0, 0.1) is 0 Å². The first kappa shape index (κ1) is 34.7. The fourth-order valence-corrected chi connectivity index (χ4v) is 6.04. The molecule has 1 heterocycles. The highest BCUT2D eigenvalue weighted by atomic mass is 16.5. The number of nitrogens with zero attached hydrogens (tertiary/aromatic N) is 4. The minimum absolute atomic E-state index is 0.0388. The molecule has 0 aliphatic carbocycles. The summed E-state index contributed by atoms with van der Waals surface area (Å²) < 4.78 is 17.9. The van der Waals surface area contributed by atoms with Crippen LogP contribution in [0.5, 0.6) is 11.5 Å². The SMILES string of the molecule is COc1ccccc1CNNC(=O)[C@@]1(Cc2ccccc2N=[N+]=[N-])N=C(c2ccc(OCCCO)cc2)O[C@H]1c1ccc(-c2ccccc2)cc1. The van der Waals surface area contributed by atoms with Crippen molar-refractivity contribution in [2.24, 2.45) is 10.1 Å². The van der Waals surface area contributed by atoms with Gasteiger partial charge in [0.15, 0.2) is 11.6 Å². The van der Waals surface area contributed by atoms with Gasteiger partial charge in [-0.15, -0.1) is 0 Å². The van der Waals surface area contributed by atoms with E-state index in [4.69, 9.17) is 24.3 Å². The number of aliphatic hydroxyl groups excluding tert-OH is 1.